The number of hydroxylamine groups is 1. The quantitative estimate of drug-likeness (QED) is 0.482. The van der Waals surface area contributed by atoms with Crippen LogP contribution in [0.15, 0.2) is 60.7 Å². The highest BCUT2D eigenvalue weighted by Crippen LogP contribution is 2.11. The lowest BCUT2D eigenvalue weighted by molar-refractivity contribution is -0.137. The largest absolute Gasteiger partial charge is 0.463 e. The molecule has 0 radical (unpaired) electrons. The van der Waals surface area contributed by atoms with Gasteiger partial charge in [0.1, 0.15) is 0 Å². The first-order chi connectivity index (χ1) is 11.7. The third-order valence-electron chi connectivity index (χ3n) is 3.14. The third kappa shape index (κ3) is 5.37. The minimum absolute atomic E-state index is 0.271. The normalized spacial score (nSPS) is 10.5. The number of hydrogen-bond donors (Lipinski definition) is 1. The Labute approximate surface area is 140 Å². The maximum Gasteiger partial charge on any atom is 0.330 e. The van der Waals surface area contributed by atoms with Crippen molar-refractivity contribution in [2.75, 3.05) is 6.61 Å². The van der Waals surface area contributed by atoms with E-state index >= 15 is 0 Å². The highest BCUT2D eigenvalue weighted by atomic mass is 16.6. The number of amides is 1. The van der Waals surface area contributed by atoms with Crippen LogP contribution in [0.1, 0.15) is 28.4 Å². The predicted octanol–water partition coefficient (Wildman–Crippen LogP) is 3.12. The van der Waals surface area contributed by atoms with E-state index in [1.807, 2.05) is 30.3 Å². The van der Waals surface area contributed by atoms with Crippen molar-refractivity contribution in [3.05, 3.63) is 77.4 Å². The van der Waals surface area contributed by atoms with E-state index in [-0.39, 0.29) is 12.5 Å². The number of carbonyl (C=O) groups is 2. The average molecular weight is 325 g/mol. The fourth-order valence-corrected chi connectivity index (χ4v) is 2.01. The first-order valence-electron chi connectivity index (χ1n) is 7.60. The molecule has 5 heteroatoms. The van der Waals surface area contributed by atoms with Gasteiger partial charge in [-0.1, -0.05) is 48.5 Å². The SMILES string of the molecule is CCOC(=O)C=Cc1ccccc1C(=O)NOCc1ccccc1. The van der Waals surface area contributed by atoms with Crippen LogP contribution in [0.25, 0.3) is 6.08 Å². The van der Waals surface area contributed by atoms with Crippen molar-refractivity contribution in [1.82, 2.24) is 5.48 Å². The molecule has 0 aromatic heterocycles. The molecule has 5 nitrogen and oxygen atoms in total. The summed E-state index contributed by atoms with van der Waals surface area (Å²) in [4.78, 5) is 28.9. The van der Waals surface area contributed by atoms with Gasteiger partial charge < -0.3 is 4.74 Å². The number of rotatable bonds is 7. The Hall–Kier alpha value is -2.92. The topological polar surface area (TPSA) is 64.6 Å². The molecule has 1 amide bonds. The molecule has 0 aliphatic carbocycles. The molecule has 2 rings (SSSR count). The van der Waals surface area contributed by atoms with Gasteiger partial charge in [0, 0.05) is 11.6 Å². The molecule has 0 spiro atoms. The summed E-state index contributed by atoms with van der Waals surface area (Å²) in [5, 5.41) is 0. The van der Waals surface area contributed by atoms with Crippen LogP contribution in [0, 0.1) is 0 Å². The fourth-order valence-electron chi connectivity index (χ4n) is 2.01. The molecular weight excluding hydrogens is 306 g/mol. The number of ether oxygens (including phenoxy) is 1. The van der Waals surface area contributed by atoms with Crippen LogP contribution in [-0.2, 0) is 21.0 Å². The first kappa shape index (κ1) is 17.4. The van der Waals surface area contributed by atoms with E-state index in [9.17, 15) is 9.59 Å². The Kier molecular flexibility index (Phi) is 6.73. The lowest BCUT2D eigenvalue weighted by atomic mass is 10.1. The Balaban J connectivity index is 1.97. The summed E-state index contributed by atoms with van der Waals surface area (Å²) < 4.78 is 4.83. The molecular formula is C19H19NO4. The Morgan fingerprint density at radius 2 is 1.75 bits per heavy atom. The second-order valence-corrected chi connectivity index (χ2v) is 4.88. The summed E-state index contributed by atoms with van der Waals surface area (Å²) in [6, 6.07) is 16.4. The second kappa shape index (κ2) is 9.27. The summed E-state index contributed by atoms with van der Waals surface area (Å²) in [5.74, 6) is -0.830. The van der Waals surface area contributed by atoms with E-state index in [0.29, 0.717) is 17.7 Å². The van der Waals surface area contributed by atoms with Crippen molar-refractivity contribution < 1.29 is 19.2 Å². The van der Waals surface area contributed by atoms with Crippen LogP contribution in [0.5, 0.6) is 0 Å². The average Bonchev–Trinajstić information content (AvgIpc) is 2.61. The van der Waals surface area contributed by atoms with Gasteiger partial charge >= 0.3 is 5.97 Å². The van der Waals surface area contributed by atoms with Gasteiger partial charge in [-0.05, 0) is 30.2 Å². The molecule has 1 N–H and O–H groups in total. The molecule has 0 bridgehead atoms. The molecule has 2 aromatic carbocycles. The molecule has 0 saturated heterocycles. The highest BCUT2D eigenvalue weighted by Gasteiger charge is 2.09. The molecule has 0 aliphatic rings. The number of carbonyl (C=O) groups excluding carboxylic acids is 2. The molecule has 0 unspecified atom stereocenters. The summed E-state index contributed by atoms with van der Waals surface area (Å²) in [6.45, 7) is 2.31. The summed E-state index contributed by atoms with van der Waals surface area (Å²) in [5.41, 5.74) is 4.38. The standard InChI is InChI=1S/C19H19NO4/c1-2-23-18(21)13-12-16-10-6-7-11-17(16)19(22)20-24-14-15-8-4-3-5-9-15/h3-13H,2,14H2,1H3,(H,20,22). The maximum atomic E-state index is 12.2. The van der Waals surface area contributed by atoms with Gasteiger partial charge in [0.15, 0.2) is 0 Å². The van der Waals surface area contributed by atoms with Crippen LogP contribution in [0.3, 0.4) is 0 Å². The number of esters is 1. The van der Waals surface area contributed by atoms with E-state index < -0.39 is 5.97 Å². The molecule has 124 valence electrons. The predicted molar refractivity (Wildman–Crippen MR) is 90.8 cm³/mol. The summed E-state index contributed by atoms with van der Waals surface area (Å²) in [7, 11) is 0. The zero-order chi connectivity index (χ0) is 17.2. The van der Waals surface area contributed by atoms with Crippen molar-refractivity contribution >= 4 is 18.0 Å². The number of hydrogen-bond acceptors (Lipinski definition) is 4. The summed E-state index contributed by atoms with van der Waals surface area (Å²) in [6.07, 6.45) is 2.84. The molecule has 2 aromatic rings. The molecule has 0 fully saturated rings. The molecule has 0 aliphatic heterocycles. The van der Waals surface area contributed by atoms with Crippen LogP contribution >= 0.6 is 0 Å². The zero-order valence-corrected chi connectivity index (χ0v) is 13.4. The summed E-state index contributed by atoms with van der Waals surface area (Å²) >= 11 is 0. The van der Waals surface area contributed by atoms with Gasteiger partial charge in [0.25, 0.3) is 5.91 Å². The lowest BCUT2D eigenvalue weighted by Crippen LogP contribution is -2.24. The number of benzene rings is 2. The Morgan fingerprint density at radius 1 is 1.04 bits per heavy atom. The monoisotopic (exact) mass is 325 g/mol. The van der Waals surface area contributed by atoms with E-state index in [4.69, 9.17) is 9.57 Å². The Bertz CT molecular complexity index is 710. The van der Waals surface area contributed by atoms with Gasteiger partial charge in [-0.2, -0.15) is 0 Å². The van der Waals surface area contributed by atoms with Gasteiger partial charge in [-0.3, -0.25) is 9.63 Å². The maximum absolute atomic E-state index is 12.2. The van der Waals surface area contributed by atoms with Crippen LogP contribution in [0.4, 0.5) is 0 Å². The smallest absolute Gasteiger partial charge is 0.330 e. The van der Waals surface area contributed by atoms with Gasteiger partial charge in [-0.25, -0.2) is 10.3 Å². The fraction of sp³-hybridized carbons (Fsp3) is 0.158. The van der Waals surface area contributed by atoms with E-state index in [0.717, 1.165) is 5.56 Å². The van der Waals surface area contributed by atoms with Gasteiger partial charge in [0.05, 0.1) is 13.2 Å². The third-order valence-corrected chi connectivity index (χ3v) is 3.14. The van der Waals surface area contributed by atoms with Crippen LogP contribution < -0.4 is 5.48 Å². The second-order valence-electron chi connectivity index (χ2n) is 4.88. The van der Waals surface area contributed by atoms with Gasteiger partial charge in [-0.15, -0.1) is 0 Å². The van der Waals surface area contributed by atoms with Crippen molar-refractivity contribution in [2.45, 2.75) is 13.5 Å². The molecule has 0 atom stereocenters. The minimum Gasteiger partial charge on any atom is -0.463 e. The molecule has 24 heavy (non-hydrogen) atoms. The minimum atomic E-state index is -0.451. The first-order valence-corrected chi connectivity index (χ1v) is 7.60. The van der Waals surface area contributed by atoms with Crippen LogP contribution in [-0.4, -0.2) is 18.5 Å². The van der Waals surface area contributed by atoms with Gasteiger partial charge in [0.2, 0.25) is 0 Å². The van der Waals surface area contributed by atoms with E-state index in [1.54, 1.807) is 37.3 Å². The van der Waals surface area contributed by atoms with E-state index in [2.05, 4.69) is 5.48 Å². The van der Waals surface area contributed by atoms with Crippen molar-refractivity contribution in [3.8, 4) is 0 Å². The molecule has 0 saturated carbocycles. The van der Waals surface area contributed by atoms with Crippen molar-refractivity contribution in [1.29, 1.82) is 0 Å². The van der Waals surface area contributed by atoms with Crippen LogP contribution in [0.2, 0.25) is 0 Å². The Morgan fingerprint density at radius 3 is 2.50 bits per heavy atom. The lowest BCUT2D eigenvalue weighted by Gasteiger charge is -2.08. The number of nitrogens with one attached hydrogen (secondary N) is 1. The molecule has 0 heterocycles. The van der Waals surface area contributed by atoms with Crippen molar-refractivity contribution in [3.63, 3.8) is 0 Å². The zero-order valence-electron chi connectivity index (χ0n) is 13.4. The van der Waals surface area contributed by atoms with E-state index in [1.165, 1.54) is 6.08 Å². The van der Waals surface area contributed by atoms with Crippen molar-refractivity contribution in [2.24, 2.45) is 0 Å². The highest BCUT2D eigenvalue weighted by molar-refractivity contribution is 5.98.